The Kier molecular flexibility index (Phi) is 15.8. The number of nitrogen functional groups attached to an aromatic ring is 1. The van der Waals surface area contributed by atoms with Gasteiger partial charge in [0.15, 0.2) is 12.8 Å². The molecule has 0 saturated heterocycles. The minimum atomic E-state index is -0.500. The largest absolute Gasteiger partial charge is 0.394 e. The van der Waals surface area contributed by atoms with Crippen LogP contribution < -0.4 is 5.73 Å². The third kappa shape index (κ3) is 13.8. The van der Waals surface area contributed by atoms with Crippen molar-refractivity contribution in [3.8, 4) is 0 Å². The van der Waals surface area contributed by atoms with Gasteiger partial charge in [0.05, 0.1) is 5.69 Å². The third-order valence-electron chi connectivity index (χ3n) is 3.32. The second-order valence-corrected chi connectivity index (χ2v) is 5.56. The summed E-state index contributed by atoms with van der Waals surface area (Å²) in [6, 6.07) is 0. The van der Waals surface area contributed by atoms with Gasteiger partial charge in [0.25, 0.3) is 0 Å². The number of nitrogens with zero attached hydrogens (tertiary/aromatic N) is 2. The minimum Gasteiger partial charge on any atom is -0.394 e. The molecule has 0 aliphatic rings. The molecule has 1 atom stereocenters. The van der Waals surface area contributed by atoms with Crippen LogP contribution in [0.4, 0.5) is 5.69 Å². The van der Waals surface area contributed by atoms with Crippen molar-refractivity contribution in [2.75, 3.05) is 12.8 Å². The second kappa shape index (κ2) is 15.3. The van der Waals surface area contributed by atoms with Crippen LogP contribution in [-0.4, -0.2) is 17.1 Å². The molecule has 0 radical (unpaired) electrons. The molecule has 0 spiro atoms. The molecule has 136 valence electrons. The molecule has 1 aromatic rings. The molecular formula is C17H35N3O3. The molecule has 23 heavy (non-hydrogen) atoms. The Morgan fingerprint density at radius 2 is 1.78 bits per heavy atom. The van der Waals surface area contributed by atoms with E-state index < -0.39 is 4.92 Å². The lowest BCUT2D eigenvalue weighted by atomic mass is 9.97. The number of unbranched alkanes of at least 4 members (excludes halogenated alkanes) is 4. The van der Waals surface area contributed by atoms with Crippen molar-refractivity contribution in [1.29, 1.82) is 0 Å². The van der Waals surface area contributed by atoms with E-state index in [0.717, 1.165) is 30.6 Å². The molecule has 0 aliphatic carbocycles. The van der Waals surface area contributed by atoms with Gasteiger partial charge in [0.1, 0.15) is 5.69 Å². The maximum atomic E-state index is 8.81. The average molecular weight is 329 g/mol. The van der Waals surface area contributed by atoms with Gasteiger partial charge in [-0.25, -0.2) is 0 Å². The Labute approximate surface area is 141 Å². The highest BCUT2D eigenvalue weighted by molar-refractivity contribution is 5.45. The molecule has 0 aromatic carbocycles. The smallest absolute Gasteiger partial charge is 0.194 e. The van der Waals surface area contributed by atoms with E-state index in [1.54, 1.807) is 0 Å². The summed E-state index contributed by atoms with van der Waals surface area (Å²) in [5.74, 6) is 1.50. The number of anilines is 1. The summed E-state index contributed by atoms with van der Waals surface area (Å²) in [5.41, 5.74) is 7.44. The number of aryl methyl sites for hydroxylation is 1. The monoisotopic (exact) mass is 329 g/mol. The first-order valence-corrected chi connectivity index (χ1v) is 8.67. The number of rotatable bonds is 8. The molecule has 1 unspecified atom stereocenters. The third-order valence-corrected chi connectivity index (χ3v) is 3.32. The van der Waals surface area contributed by atoms with E-state index in [2.05, 4.69) is 19.0 Å². The van der Waals surface area contributed by atoms with E-state index in [4.69, 9.17) is 20.4 Å². The molecule has 2 N–H and O–H groups in total. The maximum absolute atomic E-state index is 8.81. The quantitative estimate of drug-likeness (QED) is 0.410. The van der Waals surface area contributed by atoms with Crippen molar-refractivity contribution < 1.29 is 9.45 Å². The van der Waals surface area contributed by atoms with E-state index >= 15 is 0 Å². The van der Waals surface area contributed by atoms with Gasteiger partial charge < -0.3 is 10.3 Å². The Hall–Kier alpha value is -1.59. The molecule has 0 bridgehead atoms. The molecule has 6 heteroatoms. The Morgan fingerprint density at radius 1 is 1.26 bits per heavy atom. The van der Waals surface area contributed by atoms with Crippen LogP contribution in [0.2, 0.25) is 0 Å². The highest BCUT2D eigenvalue weighted by Gasteiger charge is 2.12. The Balaban J connectivity index is 0. The molecule has 1 aromatic heterocycles. The number of hydrogen-bond donors (Lipinski definition) is 1. The maximum Gasteiger partial charge on any atom is 0.194 e. The lowest BCUT2D eigenvalue weighted by Gasteiger charge is -2.09. The zero-order valence-corrected chi connectivity index (χ0v) is 15.7. The number of hydrogen-bond acceptors (Lipinski definition) is 5. The molecular weight excluding hydrogens is 294 g/mol. The van der Waals surface area contributed by atoms with Gasteiger partial charge in [0.2, 0.25) is 0 Å². The second-order valence-electron chi connectivity index (χ2n) is 5.56. The van der Waals surface area contributed by atoms with Crippen molar-refractivity contribution in [1.82, 2.24) is 5.16 Å². The number of nitro groups is 1. The SMILES string of the molecule is CC.CCCCCCCC(C)Cc1onc(C)c1N.C[N+](=O)[O-]. The first-order chi connectivity index (χ1) is 10.9. The molecule has 0 saturated carbocycles. The fraction of sp³-hybridized carbons (Fsp3) is 0.824. The molecule has 0 amide bonds. The first kappa shape index (κ1) is 23.7. The van der Waals surface area contributed by atoms with Crippen LogP contribution in [-0.2, 0) is 6.42 Å². The van der Waals surface area contributed by atoms with Crippen molar-refractivity contribution in [3.63, 3.8) is 0 Å². The molecule has 1 heterocycles. The van der Waals surface area contributed by atoms with E-state index in [0.29, 0.717) is 5.92 Å². The zero-order valence-electron chi connectivity index (χ0n) is 15.7. The predicted octanol–water partition coefficient (Wildman–Crippen LogP) is 5.02. The average Bonchev–Trinajstić information content (AvgIpc) is 2.80. The first-order valence-electron chi connectivity index (χ1n) is 8.67. The van der Waals surface area contributed by atoms with Gasteiger partial charge in [-0.1, -0.05) is 71.4 Å². The zero-order chi connectivity index (χ0) is 18.3. The topological polar surface area (TPSA) is 95.2 Å². The van der Waals surface area contributed by atoms with E-state index in [1.807, 2.05) is 20.8 Å². The summed E-state index contributed by atoms with van der Waals surface area (Å²) in [6.07, 6.45) is 8.87. The lowest BCUT2D eigenvalue weighted by molar-refractivity contribution is -0.445. The van der Waals surface area contributed by atoms with Crippen molar-refractivity contribution in [2.24, 2.45) is 5.92 Å². The van der Waals surface area contributed by atoms with Crippen LogP contribution in [0, 0.1) is 23.0 Å². The summed E-state index contributed by atoms with van der Waals surface area (Å²) in [6.45, 7) is 10.4. The van der Waals surface area contributed by atoms with E-state index in [1.165, 1.54) is 38.5 Å². The van der Waals surface area contributed by atoms with Crippen molar-refractivity contribution in [2.45, 2.75) is 79.6 Å². The Morgan fingerprint density at radius 3 is 2.22 bits per heavy atom. The number of aromatic nitrogens is 1. The van der Waals surface area contributed by atoms with Gasteiger partial charge in [0, 0.05) is 11.3 Å². The minimum absolute atomic E-state index is 0.500. The summed E-state index contributed by atoms with van der Waals surface area (Å²) in [4.78, 5) is 8.31. The van der Waals surface area contributed by atoms with Gasteiger partial charge >= 0.3 is 0 Å². The normalized spacial score (nSPS) is 10.9. The fourth-order valence-corrected chi connectivity index (χ4v) is 2.09. The number of nitrogens with two attached hydrogens (primary N) is 1. The summed E-state index contributed by atoms with van der Waals surface area (Å²) in [5, 5.41) is 12.7. The standard InChI is InChI=1S/C14H26N2O.C2H6.CH3NO2/c1-4-5-6-7-8-9-11(2)10-13-14(15)12(3)16-17-13;1-2;1-2(3)4/h11H,4-10,15H2,1-3H3;1-2H3;1H3. The van der Waals surface area contributed by atoms with Gasteiger partial charge in [-0.2, -0.15) is 0 Å². The molecule has 6 nitrogen and oxygen atoms in total. The van der Waals surface area contributed by atoms with Gasteiger partial charge in [-0.05, 0) is 12.8 Å². The van der Waals surface area contributed by atoms with Gasteiger partial charge in [-0.3, -0.25) is 10.1 Å². The van der Waals surface area contributed by atoms with Crippen LogP contribution in [0.3, 0.4) is 0 Å². The molecule has 0 aliphatic heterocycles. The highest BCUT2D eigenvalue weighted by atomic mass is 16.6. The summed E-state index contributed by atoms with van der Waals surface area (Å²) < 4.78 is 5.24. The summed E-state index contributed by atoms with van der Waals surface area (Å²) >= 11 is 0. The van der Waals surface area contributed by atoms with E-state index in [-0.39, 0.29) is 0 Å². The van der Waals surface area contributed by atoms with Crippen molar-refractivity contribution in [3.05, 3.63) is 21.6 Å². The summed E-state index contributed by atoms with van der Waals surface area (Å²) in [7, 11) is 0.889. The van der Waals surface area contributed by atoms with E-state index in [9.17, 15) is 0 Å². The van der Waals surface area contributed by atoms with Crippen LogP contribution in [0.25, 0.3) is 0 Å². The van der Waals surface area contributed by atoms with Crippen LogP contribution >= 0.6 is 0 Å². The van der Waals surface area contributed by atoms with Gasteiger partial charge in [-0.15, -0.1) is 0 Å². The van der Waals surface area contributed by atoms with Crippen LogP contribution in [0.5, 0.6) is 0 Å². The fourth-order valence-electron chi connectivity index (χ4n) is 2.09. The van der Waals surface area contributed by atoms with Crippen LogP contribution in [0.1, 0.15) is 77.7 Å². The van der Waals surface area contributed by atoms with Crippen molar-refractivity contribution >= 4 is 5.69 Å². The predicted molar refractivity (Wildman–Crippen MR) is 96.2 cm³/mol. The molecule has 0 fully saturated rings. The Bertz CT molecular complexity index is 402. The lowest BCUT2D eigenvalue weighted by Crippen LogP contribution is -2.01. The molecule has 1 rings (SSSR count). The highest BCUT2D eigenvalue weighted by Crippen LogP contribution is 2.22. The van der Waals surface area contributed by atoms with Crippen LogP contribution in [0.15, 0.2) is 4.52 Å².